The molecule has 2 fully saturated rings. The van der Waals surface area contributed by atoms with E-state index in [1.807, 2.05) is 13.8 Å². The zero-order valence-corrected chi connectivity index (χ0v) is 9.92. The van der Waals surface area contributed by atoms with Gasteiger partial charge in [-0.2, -0.15) is 0 Å². The molecule has 0 spiro atoms. The summed E-state index contributed by atoms with van der Waals surface area (Å²) in [5.41, 5.74) is 1.33. The maximum atomic E-state index is 4.16. The van der Waals surface area contributed by atoms with Crippen molar-refractivity contribution in [2.24, 2.45) is 0 Å². The summed E-state index contributed by atoms with van der Waals surface area (Å²) in [6.45, 7) is 11.9. The van der Waals surface area contributed by atoms with Crippen LogP contribution in [0.1, 0.15) is 33.1 Å². The third kappa shape index (κ3) is 2.30. The molecule has 0 aliphatic carbocycles. The molecule has 0 aromatic carbocycles. The molecule has 0 aromatic rings. The van der Waals surface area contributed by atoms with Crippen LogP contribution in [0.2, 0.25) is 0 Å². The SMILES string of the molecule is C=C1C2CCCCN2CCN1C.CC. The predicted octanol–water partition coefficient (Wildman–Crippen LogP) is 2.33. The zero-order chi connectivity index (χ0) is 10.6. The second kappa shape index (κ2) is 5.40. The standard InChI is InChI=1S/C10H18N2.C2H6/c1-9-10-5-3-4-6-12(10)8-7-11(9)2;1-2/h10H,1,3-8H2,2H3;1-2H3. The van der Waals surface area contributed by atoms with Crippen molar-refractivity contribution in [2.75, 3.05) is 26.7 Å². The highest BCUT2D eigenvalue weighted by atomic mass is 15.3. The number of likely N-dealkylation sites (N-methyl/N-ethyl adjacent to an activating group) is 1. The van der Waals surface area contributed by atoms with E-state index >= 15 is 0 Å². The van der Waals surface area contributed by atoms with E-state index in [1.54, 1.807) is 0 Å². The lowest BCUT2D eigenvalue weighted by Crippen LogP contribution is -2.51. The van der Waals surface area contributed by atoms with Crippen LogP contribution in [0.3, 0.4) is 0 Å². The summed E-state index contributed by atoms with van der Waals surface area (Å²) in [6.07, 6.45) is 4.09. The fraction of sp³-hybridized carbons (Fsp3) is 0.833. The van der Waals surface area contributed by atoms with Crippen molar-refractivity contribution in [1.29, 1.82) is 0 Å². The maximum absolute atomic E-state index is 4.16. The molecule has 82 valence electrons. The minimum Gasteiger partial charge on any atom is -0.376 e. The van der Waals surface area contributed by atoms with E-state index in [0.29, 0.717) is 6.04 Å². The van der Waals surface area contributed by atoms with Crippen LogP contribution in [0.4, 0.5) is 0 Å². The van der Waals surface area contributed by atoms with Crippen molar-refractivity contribution < 1.29 is 0 Å². The number of nitrogens with zero attached hydrogens (tertiary/aromatic N) is 2. The molecule has 0 bridgehead atoms. The van der Waals surface area contributed by atoms with E-state index in [1.165, 1.54) is 38.0 Å². The van der Waals surface area contributed by atoms with Crippen LogP contribution >= 0.6 is 0 Å². The van der Waals surface area contributed by atoms with Crippen LogP contribution in [-0.2, 0) is 0 Å². The first-order valence-corrected chi connectivity index (χ1v) is 5.93. The molecule has 2 saturated heterocycles. The Labute approximate surface area is 88.6 Å². The Hall–Kier alpha value is -0.500. The Morgan fingerprint density at radius 3 is 2.57 bits per heavy atom. The smallest absolute Gasteiger partial charge is 0.0491 e. The topological polar surface area (TPSA) is 6.48 Å². The Morgan fingerprint density at radius 1 is 1.14 bits per heavy atom. The molecule has 14 heavy (non-hydrogen) atoms. The largest absolute Gasteiger partial charge is 0.376 e. The van der Waals surface area contributed by atoms with E-state index in [9.17, 15) is 0 Å². The van der Waals surface area contributed by atoms with Crippen molar-refractivity contribution in [1.82, 2.24) is 9.80 Å². The number of fused-ring (bicyclic) bond motifs is 1. The van der Waals surface area contributed by atoms with Crippen LogP contribution in [0.15, 0.2) is 12.3 Å². The molecular formula is C12H24N2. The predicted molar refractivity (Wildman–Crippen MR) is 62.3 cm³/mol. The van der Waals surface area contributed by atoms with Gasteiger partial charge in [0, 0.05) is 31.9 Å². The summed E-state index contributed by atoms with van der Waals surface area (Å²) in [5, 5.41) is 0. The summed E-state index contributed by atoms with van der Waals surface area (Å²) in [4.78, 5) is 4.90. The van der Waals surface area contributed by atoms with Crippen molar-refractivity contribution in [2.45, 2.75) is 39.2 Å². The molecule has 2 heterocycles. The summed E-state index contributed by atoms with van der Waals surface area (Å²) in [7, 11) is 2.16. The second-order valence-corrected chi connectivity index (χ2v) is 3.96. The maximum Gasteiger partial charge on any atom is 0.0491 e. The molecule has 0 amide bonds. The van der Waals surface area contributed by atoms with E-state index in [4.69, 9.17) is 0 Å². The van der Waals surface area contributed by atoms with E-state index in [0.717, 1.165) is 6.54 Å². The normalized spacial score (nSPS) is 27.8. The quantitative estimate of drug-likeness (QED) is 0.586. The van der Waals surface area contributed by atoms with Crippen LogP contribution in [0.5, 0.6) is 0 Å². The first-order valence-electron chi connectivity index (χ1n) is 5.93. The number of hydrogen-bond acceptors (Lipinski definition) is 2. The molecule has 0 radical (unpaired) electrons. The molecule has 1 unspecified atom stereocenters. The van der Waals surface area contributed by atoms with Gasteiger partial charge >= 0.3 is 0 Å². The number of piperidine rings is 1. The molecular weight excluding hydrogens is 172 g/mol. The zero-order valence-electron chi connectivity index (χ0n) is 9.92. The highest BCUT2D eigenvalue weighted by molar-refractivity contribution is 5.09. The van der Waals surface area contributed by atoms with Gasteiger partial charge in [-0.25, -0.2) is 0 Å². The number of rotatable bonds is 0. The fourth-order valence-electron chi connectivity index (χ4n) is 2.31. The van der Waals surface area contributed by atoms with Crippen molar-refractivity contribution >= 4 is 0 Å². The Morgan fingerprint density at radius 2 is 1.86 bits per heavy atom. The van der Waals surface area contributed by atoms with Crippen LogP contribution in [-0.4, -0.2) is 42.5 Å². The molecule has 2 nitrogen and oxygen atoms in total. The highest BCUT2D eigenvalue weighted by Crippen LogP contribution is 2.26. The van der Waals surface area contributed by atoms with E-state index < -0.39 is 0 Å². The summed E-state index contributed by atoms with van der Waals surface area (Å²) in [5.74, 6) is 0. The second-order valence-electron chi connectivity index (χ2n) is 3.96. The molecule has 2 heteroatoms. The van der Waals surface area contributed by atoms with Crippen LogP contribution in [0, 0.1) is 0 Å². The summed E-state index contributed by atoms with van der Waals surface area (Å²) in [6, 6.07) is 0.664. The third-order valence-corrected chi connectivity index (χ3v) is 3.21. The Kier molecular flexibility index (Phi) is 4.46. The Balaban J connectivity index is 0.000000461. The lowest BCUT2D eigenvalue weighted by Gasteiger charge is -2.45. The van der Waals surface area contributed by atoms with Crippen LogP contribution < -0.4 is 0 Å². The minimum absolute atomic E-state index is 0.664. The van der Waals surface area contributed by atoms with Crippen LogP contribution in [0.25, 0.3) is 0 Å². The van der Waals surface area contributed by atoms with Gasteiger partial charge in [0.05, 0.1) is 0 Å². The molecule has 1 atom stereocenters. The van der Waals surface area contributed by atoms with Gasteiger partial charge in [0.15, 0.2) is 0 Å². The van der Waals surface area contributed by atoms with Gasteiger partial charge in [0.25, 0.3) is 0 Å². The third-order valence-electron chi connectivity index (χ3n) is 3.21. The molecule has 2 aliphatic rings. The van der Waals surface area contributed by atoms with Crippen molar-refractivity contribution in [3.63, 3.8) is 0 Å². The summed E-state index contributed by atoms with van der Waals surface area (Å²) < 4.78 is 0. The van der Waals surface area contributed by atoms with E-state index in [-0.39, 0.29) is 0 Å². The highest BCUT2D eigenvalue weighted by Gasteiger charge is 2.29. The first-order chi connectivity index (χ1) is 6.79. The van der Waals surface area contributed by atoms with Gasteiger partial charge < -0.3 is 4.90 Å². The lowest BCUT2D eigenvalue weighted by atomic mass is 9.97. The number of hydrogen-bond donors (Lipinski definition) is 0. The monoisotopic (exact) mass is 196 g/mol. The van der Waals surface area contributed by atoms with Gasteiger partial charge in [-0.3, -0.25) is 4.90 Å². The average Bonchev–Trinajstić information content (AvgIpc) is 2.27. The van der Waals surface area contributed by atoms with Gasteiger partial charge in [-0.1, -0.05) is 26.8 Å². The minimum atomic E-state index is 0.664. The average molecular weight is 196 g/mol. The molecule has 0 saturated carbocycles. The van der Waals surface area contributed by atoms with Gasteiger partial charge in [0.1, 0.15) is 0 Å². The van der Waals surface area contributed by atoms with Gasteiger partial charge in [-0.05, 0) is 19.4 Å². The van der Waals surface area contributed by atoms with Crippen molar-refractivity contribution in [3.05, 3.63) is 12.3 Å². The first kappa shape index (κ1) is 11.6. The lowest BCUT2D eigenvalue weighted by molar-refractivity contribution is 0.102. The fourth-order valence-corrected chi connectivity index (χ4v) is 2.31. The molecule has 2 rings (SSSR count). The Bertz CT molecular complexity index is 189. The molecule has 0 aromatic heterocycles. The van der Waals surface area contributed by atoms with Crippen molar-refractivity contribution in [3.8, 4) is 0 Å². The molecule has 2 aliphatic heterocycles. The van der Waals surface area contributed by atoms with Gasteiger partial charge in [-0.15, -0.1) is 0 Å². The molecule has 0 N–H and O–H groups in total. The van der Waals surface area contributed by atoms with Gasteiger partial charge in [0.2, 0.25) is 0 Å². The summed E-state index contributed by atoms with van der Waals surface area (Å²) >= 11 is 0. The van der Waals surface area contributed by atoms with E-state index in [2.05, 4.69) is 23.4 Å². The number of piperazine rings is 1.